The summed E-state index contributed by atoms with van der Waals surface area (Å²) in [7, 11) is 0. The molecule has 0 radical (unpaired) electrons. The molecule has 1 saturated carbocycles. The molecule has 0 spiro atoms. The van der Waals surface area contributed by atoms with Crippen molar-refractivity contribution in [2.24, 2.45) is 11.8 Å². The maximum Gasteiger partial charge on any atom is 0.239 e. The Morgan fingerprint density at radius 1 is 1.24 bits per heavy atom. The third-order valence-corrected chi connectivity index (χ3v) is 3.82. The van der Waals surface area contributed by atoms with Crippen LogP contribution in [0.4, 0.5) is 0 Å². The van der Waals surface area contributed by atoms with Gasteiger partial charge >= 0.3 is 0 Å². The van der Waals surface area contributed by atoms with Gasteiger partial charge in [-0.15, -0.1) is 0 Å². The molecule has 2 rings (SSSR count). The molecule has 0 aromatic rings. The van der Waals surface area contributed by atoms with E-state index in [-0.39, 0.29) is 24.4 Å². The number of hydrogen-bond acceptors (Lipinski definition) is 3. The lowest BCUT2D eigenvalue weighted by Crippen LogP contribution is -2.44. The summed E-state index contributed by atoms with van der Waals surface area (Å²) in [6, 6.07) is 0.289. The lowest BCUT2D eigenvalue weighted by Gasteiger charge is -2.31. The molecule has 17 heavy (non-hydrogen) atoms. The number of fused-ring (bicyclic) bond motifs is 1. The summed E-state index contributed by atoms with van der Waals surface area (Å²) in [6.07, 6.45) is 3.33. The molecule has 96 valence electrons. The minimum atomic E-state index is -0.163. The van der Waals surface area contributed by atoms with Crippen molar-refractivity contribution in [3.05, 3.63) is 0 Å². The molecule has 1 aliphatic carbocycles. The molecule has 1 aliphatic heterocycles. The maximum atomic E-state index is 11.6. The summed E-state index contributed by atoms with van der Waals surface area (Å²) in [5.74, 6) is 1.28. The third kappa shape index (κ3) is 3.43. The van der Waals surface area contributed by atoms with Crippen LogP contribution in [0.25, 0.3) is 0 Å². The van der Waals surface area contributed by atoms with Gasteiger partial charge in [-0.1, -0.05) is 0 Å². The van der Waals surface area contributed by atoms with E-state index in [1.54, 1.807) is 0 Å². The number of rotatable bonds is 3. The Kier molecular flexibility index (Phi) is 3.99. The quantitative estimate of drug-likeness (QED) is 0.629. The average Bonchev–Trinajstić information content (AvgIpc) is 2.73. The van der Waals surface area contributed by atoms with Gasteiger partial charge in [0, 0.05) is 13.0 Å². The SMILES string of the molecule is CC(=O)NCC(=O)NC1CC[C@@H]2CNC[C@@H]2C1. The molecule has 2 amide bonds. The number of hydrogen-bond donors (Lipinski definition) is 3. The van der Waals surface area contributed by atoms with Gasteiger partial charge in [-0.25, -0.2) is 0 Å². The molecule has 5 heteroatoms. The molecule has 0 aromatic heterocycles. The lowest BCUT2D eigenvalue weighted by molar-refractivity contribution is -0.125. The van der Waals surface area contributed by atoms with E-state index in [1.165, 1.54) is 13.3 Å². The Morgan fingerprint density at radius 3 is 2.76 bits per heavy atom. The Balaban J connectivity index is 1.72. The van der Waals surface area contributed by atoms with Crippen LogP contribution in [0.5, 0.6) is 0 Å². The molecule has 2 aliphatic rings. The molecule has 0 bridgehead atoms. The summed E-state index contributed by atoms with van der Waals surface area (Å²) < 4.78 is 0. The Hall–Kier alpha value is -1.10. The van der Waals surface area contributed by atoms with Crippen LogP contribution >= 0.6 is 0 Å². The predicted octanol–water partition coefficient (Wildman–Crippen LogP) is -0.373. The molecule has 1 saturated heterocycles. The van der Waals surface area contributed by atoms with Crippen LogP contribution in [-0.4, -0.2) is 37.5 Å². The molecule has 3 atom stereocenters. The summed E-state index contributed by atoms with van der Waals surface area (Å²) in [5, 5.41) is 8.93. The number of nitrogens with one attached hydrogen (secondary N) is 3. The van der Waals surface area contributed by atoms with Crippen LogP contribution in [0.3, 0.4) is 0 Å². The van der Waals surface area contributed by atoms with Crippen LogP contribution in [0.15, 0.2) is 0 Å². The molecule has 1 heterocycles. The zero-order valence-corrected chi connectivity index (χ0v) is 10.3. The van der Waals surface area contributed by atoms with Crippen LogP contribution in [0.2, 0.25) is 0 Å². The number of carbonyl (C=O) groups excluding carboxylic acids is 2. The van der Waals surface area contributed by atoms with E-state index in [0.717, 1.165) is 37.8 Å². The Bertz CT molecular complexity index is 306. The van der Waals surface area contributed by atoms with Gasteiger partial charge in [0.2, 0.25) is 11.8 Å². The highest BCUT2D eigenvalue weighted by molar-refractivity contribution is 5.83. The van der Waals surface area contributed by atoms with Crippen molar-refractivity contribution in [3.63, 3.8) is 0 Å². The van der Waals surface area contributed by atoms with Crippen molar-refractivity contribution in [3.8, 4) is 0 Å². The van der Waals surface area contributed by atoms with Crippen molar-refractivity contribution in [2.45, 2.75) is 32.2 Å². The van der Waals surface area contributed by atoms with Crippen LogP contribution in [0, 0.1) is 11.8 Å². The second-order valence-corrected chi connectivity index (χ2v) is 5.17. The zero-order valence-electron chi connectivity index (χ0n) is 10.3. The Labute approximate surface area is 102 Å². The summed E-state index contributed by atoms with van der Waals surface area (Å²) in [5.41, 5.74) is 0. The number of amides is 2. The van der Waals surface area contributed by atoms with Crippen LogP contribution in [-0.2, 0) is 9.59 Å². The first kappa shape index (κ1) is 12.4. The first-order valence-corrected chi connectivity index (χ1v) is 6.39. The van der Waals surface area contributed by atoms with E-state index >= 15 is 0 Å². The molecular formula is C12H21N3O2. The summed E-state index contributed by atoms with van der Waals surface area (Å²) >= 11 is 0. The average molecular weight is 239 g/mol. The molecule has 0 aromatic carbocycles. The van der Waals surface area contributed by atoms with Gasteiger partial charge in [0.05, 0.1) is 6.54 Å². The Morgan fingerprint density at radius 2 is 2.00 bits per heavy atom. The maximum absolute atomic E-state index is 11.6. The summed E-state index contributed by atoms with van der Waals surface area (Å²) in [4.78, 5) is 22.3. The fourth-order valence-corrected chi connectivity index (χ4v) is 2.91. The van der Waals surface area contributed by atoms with E-state index in [9.17, 15) is 9.59 Å². The highest BCUT2D eigenvalue weighted by atomic mass is 16.2. The zero-order chi connectivity index (χ0) is 12.3. The van der Waals surface area contributed by atoms with Gasteiger partial charge in [0.1, 0.15) is 0 Å². The predicted molar refractivity (Wildman–Crippen MR) is 64.3 cm³/mol. The van der Waals surface area contributed by atoms with Crippen molar-refractivity contribution in [1.82, 2.24) is 16.0 Å². The van der Waals surface area contributed by atoms with Crippen molar-refractivity contribution in [1.29, 1.82) is 0 Å². The van der Waals surface area contributed by atoms with Crippen LogP contribution < -0.4 is 16.0 Å². The molecule has 3 N–H and O–H groups in total. The lowest BCUT2D eigenvalue weighted by atomic mass is 9.79. The largest absolute Gasteiger partial charge is 0.352 e. The van der Waals surface area contributed by atoms with Crippen LogP contribution in [0.1, 0.15) is 26.2 Å². The van der Waals surface area contributed by atoms with E-state index < -0.39 is 0 Å². The first-order valence-electron chi connectivity index (χ1n) is 6.39. The van der Waals surface area contributed by atoms with Crippen molar-refractivity contribution >= 4 is 11.8 Å². The highest BCUT2D eigenvalue weighted by Crippen LogP contribution is 2.32. The third-order valence-electron chi connectivity index (χ3n) is 3.82. The van der Waals surface area contributed by atoms with Gasteiger partial charge in [-0.05, 0) is 44.2 Å². The van der Waals surface area contributed by atoms with Gasteiger partial charge in [0.15, 0.2) is 0 Å². The summed E-state index contributed by atoms with van der Waals surface area (Å²) in [6.45, 7) is 3.74. The monoisotopic (exact) mass is 239 g/mol. The van der Waals surface area contributed by atoms with Gasteiger partial charge in [-0.2, -0.15) is 0 Å². The topological polar surface area (TPSA) is 70.2 Å². The van der Waals surface area contributed by atoms with Gasteiger partial charge in [-0.3, -0.25) is 9.59 Å². The van der Waals surface area contributed by atoms with Gasteiger partial charge < -0.3 is 16.0 Å². The van der Waals surface area contributed by atoms with Crippen molar-refractivity contribution in [2.75, 3.05) is 19.6 Å². The normalized spacial score (nSPS) is 31.7. The minimum absolute atomic E-state index is 0.0744. The van der Waals surface area contributed by atoms with E-state index in [0.29, 0.717) is 0 Å². The standard InChI is InChI=1S/C12H21N3O2/c1-8(16)14-7-12(17)15-11-3-2-9-5-13-6-10(9)4-11/h9-11,13H,2-7H2,1H3,(H,14,16)(H,15,17)/t9-,10+,11?/m1/s1. The highest BCUT2D eigenvalue weighted by Gasteiger charge is 2.34. The molecule has 2 fully saturated rings. The van der Waals surface area contributed by atoms with Gasteiger partial charge in [0.25, 0.3) is 0 Å². The van der Waals surface area contributed by atoms with Crippen molar-refractivity contribution < 1.29 is 9.59 Å². The molecule has 1 unspecified atom stereocenters. The molecule has 5 nitrogen and oxygen atoms in total. The van der Waals surface area contributed by atoms with E-state index in [2.05, 4.69) is 16.0 Å². The minimum Gasteiger partial charge on any atom is -0.352 e. The smallest absolute Gasteiger partial charge is 0.239 e. The fraction of sp³-hybridized carbons (Fsp3) is 0.833. The number of carbonyl (C=O) groups is 2. The molecular weight excluding hydrogens is 218 g/mol. The fourth-order valence-electron chi connectivity index (χ4n) is 2.91. The second kappa shape index (κ2) is 5.49. The first-order chi connectivity index (χ1) is 8.15. The van der Waals surface area contributed by atoms with E-state index in [4.69, 9.17) is 0 Å². The van der Waals surface area contributed by atoms with E-state index in [1.807, 2.05) is 0 Å². The second-order valence-electron chi connectivity index (χ2n) is 5.17.